The minimum atomic E-state index is 0.384. The van der Waals surface area contributed by atoms with E-state index in [-0.39, 0.29) is 0 Å². The molecule has 1 N–H and O–H groups in total. The first-order valence-electron chi connectivity index (χ1n) is 5.42. The first-order chi connectivity index (χ1) is 7.69. The molecule has 0 aromatic heterocycles. The minimum Gasteiger partial charge on any atom is -0.313 e. The highest BCUT2D eigenvalue weighted by Gasteiger charge is 2.09. The van der Waals surface area contributed by atoms with Crippen molar-refractivity contribution in [3.8, 4) is 0 Å². The number of hydrogen-bond acceptors (Lipinski definition) is 1. The van der Waals surface area contributed by atoms with E-state index in [4.69, 9.17) is 11.6 Å². The molecule has 1 unspecified atom stereocenters. The van der Waals surface area contributed by atoms with Crippen LogP contribution in [0.5, 0.6) is 0 Å². The second-order valence-corrected chi connectivity index (χ2v) is 5.30. The van der Waals surface area contributed by atoms with Crippen molar-refractivity contribution in [3.63, 3.8) is 0 Å². The van der Waals surface area contributed by atoms with Gasteiger partial charge in [0.25, 0.3) is 0 Å². The summed E-state index contributed by atoms with van der Waals surface area (Å²) in [5.74, 6) is 0. The molecule has 0 aliphatic carbocycles. The molecule has 0 amide bonds. The average molecular weight is 350 g/mol. The number of rotatable bonds is 6. The van der Waals surface area contributed by atoms with E-state index in [2.05, 4.69) is 52.7 Å². The monoisotopic (exact) mass is 349 g/mol. The van der Waals surface area contributed by atoms with Gasteiger partial charge in [-0.25, -0.2) is 0 Å². The van der Waals surface area contributed by atoms with Crippen LogP contribution in [0.15, 0.2) is 30.9 Å². The normalized spacial score (nSPS) is 12.4. The SMILES string of the molecule is C=CCCCC(NC)c1ccc(I)c(Cl)c1. The van der Waals surface area contributed by atoms with Gasteiger partial charge in [-0.1, -0.05) is 23.7 Å². The molecule has 0 heterocycles. The molecule has 0 saturated heterocycles. The Kier molecular flexibility index (Phi) is 6.39. The molecule has 0 aliphatic heterocycles. The first-order valence-corrected chi connectivity index (χ1v) is 6.87. The van der Waals surface area contributed by atoms with Gasteiger partial charge in [0.1, 0.15) is 0 Å². The fourth-order valence-electron chi connectivity index (χ4n) is 1.67. The van der Waals surface area contributed by atoms with Gasteiger partial charge in [0, 0.05) is 9.61 Å². The molecular formula is C13H17ClIN. The van der Waals surface area contributed by atoms with Crippen molar-refractivity contribution in [2.75, 3.05) is 7.05 Å². The van der Waals surface area contributed by atoms with E-state index in [0.717, 1.165) is 27.9 Å². The van der Waals surface area contributed by atoms with Crippen LogP contribution in [0.3, 0.4) is 0 Å². The molecule has 0 saturated carbocycles. The van der Waals surface area contributed by atoms with Gasteiger partial charge in [0.2, 0.25) is 0 Å². The van der Waals surface area contributed by atoms with Gasteiger partial charge in [0.05, 0.1) is 5.02 Å². The van der Waals surface area contributed by atoms with E-state index >= 15 is 0 Å². The second kappa shape index (κ2) is 7.30. The smallest absolute Gasteiger partial charge is 0.0542 e. The molecule has 1 nitrogen and oxygen atoms in total. The Bertz CT molecular complexity index is 352. The lowest BCUT2D eigenvalue weighted by atomic mass is 10.0. The Balaban J connectivity index is 2.70. The summed E-state index contributed by atoms with van der Waals surface area (Å²) in [5, 5.41) is 4.16. The van der Waals surface area contributed by atoms with Gasteiger partial charge in [-0.2, -0.15) is 0 Å². The third kappa shape index (κ3) is 4.07. The number of allylic oxidation sites excluding steroid dienone is 1. The minimum absolute atomic E-state index is 0.384. The molecular weight excluding hydrogens is 333 g/mol. The predicted octanol–water partition coefficient (Wildman–Crippen LogP) is 4.56. The van der Waals surface area contributed by atoms with Gasteiger partial charge < -0.3 is 5.32 Å². The third-order valence-electron chi connectivity index (χ3n) is 2.60. The summed E-state index contributed by atoms with van der Waals surface area (Å²) in [6.07, 6.45) is 5.29. The maximum absolute atomic E-state index is 6.12. The highest BCUT2D eigenvalue weighted by atomic mass is 127. The van der Waals surface area contributed by atoms with Gasteiger partial charge in [-0.3, -0.25) is 0 Å². The van der Waals surface area contributed by atoms with Gasteiger partial charge in [-0.05, 0) is 66.6 Å². The Morgan fingerprint density at radius 2 is 2.31 bits per heavy atom. The van der Waals surface area contributed by atoms with E-state index in [9.17, 15) is 0 Å². The van der Waals surface area contributed by atoms with Crippen LogP contribution in [-0.2, 0) is 0 Å². The van der Waals surface area contributed by atoms with Crippen molar-refractivity contribution in [2.45, 2.75) is 25.3 Å². The molecule has 1 aromatic carbocycles. The van der Waals surface area contributed by atoms with Crippen LogP contribution < -0.4 is 5.32 Å². The zero-order chi connectivity index (χ0) is 12.0. The lowest BCUT2D eigenvalue weighted by Crippen LogP contribution is -2.16. The zero-order valence-corrected chi connectivity index (χ0v) is 12.4. The largest absolute Gasteiger partial charge is 0.313 e. The molecule has 1 atom stereocenters. The van der Waals surface area contributed by atoms with Crippen molar-refractivity contribution < 1.29 is 0 Å². The standard InChI is InChI=1S/C13H17ClIN/c1-3-4-5-6-13(16-2)10-7-8-12(15)11(14)9-10/h3,7-9,13,16H,1,4-6H2,2H3. The maximum Gasteiger partial charge on any atom is 0.0542 e. The van der Waals surface area contributed by atoms with Crippen LogP contribution in [0.4, 0.5) is 0 Å². The van der Waals surface area contributed by atoms with Crippen molar-refractivity contribution >= 4 is 34.2 Å². The molecule has 88 valence electrons. The van der Waals surface area contributed by atoms with Crippen LogP contribution in [-0.4, -0.2) is 7.05 Å². The van der Waals surface area contributed by atoms with Crippen LogP contribution >= 0.6 is 34.2 Å². The highest BCUT2D eigenvalue weighted by molar-refractivity contribution is 14.1. The fourth-order valence-corrected chi connectivity index (χ4v) is 2.20. The summed E-state index contributed by atoms with van der Waals surface area (Å²) in [4.78, 5) is 0. The Morgan fingerprint density at radius 3 is 2.88 bits per heavy atom. The lowest BCUT2D eigenvalue weighted by Gasteiger charge is -2.16. The van der Waals surface area contributed by atoms with Crippen molar-refractivity contribution in [2.24, 2.45) is 0 Å². The fraction of sp³-hybridized carbons (Fsp3) is 0.385. The Morgan fingerprint density at radius 1 is 1.56 bits per heavy atom. The third-order valence-corrected chi connectivity index (χ3v) is 4.17. The van der Waals surface area contributed by atoms with E-state index in [1.807, 2.05) is 13.1 Å². The van der Waals surface area contributed by atoms with E-state index < -0.39 is 0 Å². The number of hydrogen-bond donors (Lipinski definition) is 1. The van der Waals surface area contributed by atoms with Crippen LogP contribution in [0.2, 0.25) is 5.02 Å². The van der Waals surface area contributed by atoms with Crippen molar-refractivity contribution in [3.05, 3.63) is 45.0 Å². The van der Waals surface area contributed by atoms with Gasteiger partial charge in [0.15, 0.2) is 0 Å². The molecule has 0 spiro atoms. The lowest BCUT2D eigenvalue weighted by molar-refractivity contribution is 0.530. The van der Waals surface area contributed by atoms with Crippen LogP contribution in [0.25, 0.3) is 0 Å². The summed E-state index contributed by atoms with van der Waals surface area (Å²) >= 11 is 8.37. The zero-order valence-electron chi connectivity index (χ0n) is 9.47. The summed E-state index contributed by atoms with van der Waals surface area (Å²) in [6, 6.07) is 6.64. The molecule has 3 heteroatoms. The Hall–Kier alpha value is -0.0600. The van der Waals surface area contributed by atoms with Crippen LogP contribution in [0.1, 0.15) is 30.9 Å². The molecule has 0 aliphatic rings. The van der Waals surface area contributed by atoms with Gasteiger partial charge >= 0.3 is 0 Å². The number of nitrogens with one attached hydrogen (secondary N) is 1. The molecule has 16 heavy (non-hydrogen) atoms. The predicted molar refractivity (Wildman–Crippen MR) is 80.0 cm³/mol. The van der Waals surface area contributed by atoms with E-state index in [0.29, 0.717) is 6.04 Å². The van der Waals surface area contributed by atoms with Gasteiger partial charge in [-0.15, -0.1) is 6.58 Å². The topological polar surface area (TPSA) is 12.0 Å². The molecule has 1 rings (SSSR count). The average Bonchev–Trinajstić information content (AvgIpc) is 2.29. The number of benzene rings is 1. The quantitative estimate of drug-likeness (QED) is 0.451. The summed E-state index contributed by atoms with van der Waals surface area (Å²) in [6.45, 7) is 3.74. The molecule has 0 fully saturated rings. The molecule has 0 radical (unpaired) electrons. The van der Waals surface area contributed by atoms with E-state index in [1.165, 1.54) is 5.56 Å². The van der Waals surface area contributed by atoms with E-state index in [1.54, 1.807) is 0 Å². The van der Waals surface area contributed by atoms with Crippen molar-refractivity contribution in [1.82, 2.24) is 5.32 Å². The van der Waals surface area contributed by atoms with Crippen LogP contribution in [0, 0.1) is 3.57 Å². The summed E-state index contributed by atoms with van der Waals surface area (Å²) < 4.78 is 1.10. The summed E-state index contributed by atoms with van der Waals surface area (Å²) in [7, 11) is 1.99. The highest BCUT2D eigenvalue weighted by Crippen LogP contribution is 2.25. The first kappa shape index (κ1) is 14.0. The maximum atomic E-state index is 6.12. The number of unbranched alkanes of at least 4 members (excludes halogenated alkanes) is 1. The molecule has 1 aromatic rings. The Labute approximate surface area is 116 Å². The van der Waals surface area contributed by atoms with Crippen molar-refractivity contribution in [1.29, 1.82) is 0 Å². The summed E-state index contributed by atoms with van der Waals surface area (Å²) in [5.41, 5.74) is 1.26. The molecule has 0 bridgehead atoms. The number of halogens is 2. The second-order valence-electron chi connectivity index (χ2n) is 3.73.